The van der Waals surface area contributed by atoms with E-state index in [1.807, 2.05) is 20.8 Å². The first-order valence-corrected chi connectivity index (χ1v) is 9.17. The van der Waals surface area contributed by atoms with Crippen molar-refractivity contribution in [3.8, 4) is 0 Å². The number of ether oxygens (including phenoxy) is 1. The zero-order valence-corrected chi connectivity index (χ0v) is 14.8. The Kier molecular flexibility index (Phi) is 6.37. The Balaban J connectivity index is 3.11. The molecule has 0 bridgehead atoms. The predicted molar refractivity (Wildman–Crippen MR) is 84.0 cm³/mol. The summed E-state index contributed by atoms with van der Waals surface area (Å²) in [5.41, 5.74) is 0. The Hall–Kier alpha value is -0.920. The van der Waals surface area contributed by atoms with E-state index in [1.54, 1.807) is 19.9 Å². The third-order valence-corrected chi connectivity index (χ3v) is 5.83. The molecule has 0 fully saturated rings. The number of hydrogen-bond acceptors (Lipinski definition) is 5. The molecule has 120 valence electrons. The Morgan fingerprint density at radius 1 is 1.38 bits per heavy atom. The molecule has 1 aromatic heterocycles. The highest BCUT2D eigenvalue weighted by Crippen LogP contribution is 2.28. The monoisotopic (exact) mass is 333 g/mol. The van der Waals surface area contributed by atoms with Crippen LogP contribution < -0.4 is 0 Å². The maximum Gasteiger partial charge on any atom is 0.321 e. The molecule has 0 aliphatic rings. The second kappa shape index (κ2) is 7.38. The first-order chi connectivity index (χ1) is 9.68. The molecule has 0 aliphatic heterocycles. The van der Waals surface area contributed by atoms with Gasteiger partial charge in [0.15, 0.2) is 0 Å². The van der Waals surface area contributed by atoms with Gasteiger partial charge in [-0.05, 0) is 32.8 Å². The summed E-state index contributed by atoms with van der Waals surface area (Å²) in [5, 5.41) is 0. The third-order valence-electron chi connectivity index (χ3n) is 2.79. The highest BCUT2D eigenvalue weighted by molar-refractivity contribution is 7.89. The Labute approximate surface area is 131 Å². The maximum atomic E-state index is 12.8. The van der Waals surface area contributed by atoms with Gasteiger partial charge in [-0.2, -0.15) is 4.31 Å². The van der Waals surface area contributed by atoms with E-state index in [4.69, 9.17) is 4.74 Å². The summed E-state index contributed by atoms with van der Waals surface area (Å²) in [6.07, 6.45) is 0. The van der Waals surface area contributed by atoms with Crippen LogP contribution in [0.5, 0.6) is 0 Å². The summed E-state index contributed by atoms with van der Waals surface area (Å²) >= 11 is 1.44. The molecule has 1 heterocycles. The van der Waals surface area contributed by atoms with Crippen molar-refractivity contribution in [1.82, 2.24) is 4.31 Å². The predicted octanol–water partition coefficient (Wildman–Crippen LogP) is 2.57. The molecule has 0 saturated heterocycles. The van der Waals surface area contributed by atoms with E-state index >= 15 is 0 Å². The SMILES string of the molecule is CCOC(=O)CN(CC(C)C)S(=O)(=O)c1cc(C)sc1C. The molecule has 21 heavy (non-hydrogen) atoms. The van der Waals surface area contributed by atoms with Crippen LogP contribution in [0.4, 0.5) is 0 Å². The Morgan fingerprint density at radius 3 is 2.43 bits per heavy atom. The lowest BCUT2D eigenvalue weighted by Crippen LogP contribution is -2.39. The number of carbonyl (C=O) groups excluding carboxylic acids is 1. The molecule has 0 spiro atoms. The standard InChI is InChI=1S/C14H23NO4S2/c1-6-19-14(16)9-15(8-10(2)3)21(17,18)13-7-11(4)20-12(13)5/h7,10H,6,8-9H2,1-5H3. The minimum Gasteiger partial charge on any atom is -0.465 e. The molecule has 1 aromatic rings. The highest BCUT2D eigenvalue weighted by Gasteiger charge is 2.30. The Bertz CT molecular complexity index is 590. The molecule has 0 atom stereocenters. The van der Waals surface area contributed by atoms with Crippen molar-refractivity contribution in [3.63, 3.8) is 0 Å². The minimum absolute atomic E-state index is 0.120. The summed E-state index contributed by atoms with van der Waals surface area (Å²) in [5.74, 6) is -0.402. The molecule has 0 saturated carbocycles. The number of sulfonamides is 1. The molecule has 0 radical (unpaired) electrons. The Morgan fingerprint density at radius 2 is 2.00 bits per heavy atom. The first kappa shape index (κ1) is 18.1. The summed E-state index contributed by atoms with van der Waals surface area (Å²) in [7, 11) is -3.68. The number of carbonyl (C=O) groups is 1. The van der Waals surface area contributed by atoms with E-state index in [9.17, 15) is 13.2 Å². The quantitative estimate of drug-likeness (QED) is 0.720. The van der Waals surface area contributed by atoms with Gasteiger partial charge in [-0.15, -0.1) is 11.3 Å². The van der Waals surface area contributed by atoms with Gasteiger partial charge < -0.3 is 4.74 Å². The smallest absolute Gasteiger partial charge is 0.321 e. The third kappa shape index (κ3) is 4.79. The number of hydrogen-bond donors (Lipinski definition) is 0. The van der Waals surface area contributed by atoms with Crippen molar-refractivity contribution in [1.29, 1.82) is 0 Å². The molecule has 0 aromatic carbocycles. The van der Waals surface area contributed by atoms with Gasteiger partial charge in [0.1, 0.15) is 6.54 Å². The fourth-order valence-electron chi connectivity index (χ4n) is 2.01. The van der Waals surface area contributed by atoms with Crippen molar-refractivity contribution in [2.45, 2.75) is 39.5 Å². The van der Waals surface area contributed by atoms with Crippen LogP contribution in [0.2, 0.25) is 0 Å². The van der Waals surface area contributed by atoms with E-state index < -0.39 is 16.0 Å². The lowest BCUT2D eigenvalue weighted by molar-refractivity contribution is -0.143. The summed E-state index contributed by atoms with van der Waals surface area (Å²) in [6.45, 7) is 9.46. The average Bonchev–Trinajstić information content (AvgIpc) is 2.68. The molecule has 0 N–H and O–H groups in total. The van der Waals surface area contributed by atoms with Crippen molar-refractivity contribution in [3.05, 3.63) is 15.8 Å². The molecule has 0 amide bonds. The highest BCUT2D eigenvalue weighted by atomic mass is 32.2. The zero-order chi connectivity index (χ0) is 16.2. The van der Waals surface area contributed by atoms with Crippen molar-refractivity contribution >= 4 is 27.3 Å². The van der Waals surface area contributed by atoms with Crippen LogP contribution in [-0.4, -0.2) is 38.4 Å². The van der Waals surface area contributed by atoms with E-state index in [-0.39, 0.29) is 30.5 Å². The van der Waals surface area contributed by atoms with Gasteiger partial charge in [0.25, 0.3) is 0 Å². The summed E-state index contributed by atoms with van der Waals surface area (Å²) in [4.78, 5) is 13.6. The maximum absolute atomic E-state index is 12.8. The average molecular weight is 333 g/mol. The van der Waals surface area contributed by atoms with Crippen LogP contribution in [0.3, 0.4) is 0 Å². The number of aryl methyl sites for hydroxylation is 2. The lowest BCUT2D eigenvalue weighted by atomic mass is 10.2. The molecule has 7 heteroatoms. The molecular formula is C14H23NO4S2. The van der Waals surface area contributed by atoms with Gasteiger partial charge in [0.05, 0.1) is 11.5 Å². The van der Waals surface area contributed by atoms with Gasteiger partial charge in [-0.3, -0.25) is 4.79 Å². The van der Waals surface area contributed by atoms with E-state index in [2.05, 4.69) is 0 Å². The molecule has 1 rings (SSSR count). The van der Waals surface area contributed by atoms with Gasteiger partial charge in [-0.1, -0.05) is 13.8 Å². The van der Waals surface area contributed by atoms with Crippen molar-refractivity contribution < 1.29 is 17.9 Å². The van der Waals surface area contributed by atoms with Crippen molar-refractivity contribution in [2.75, 3.05) is 19.7 Å². The topological polar surface area (TPSA) is 63.7 Å². The van der Waals surface area contributed by atoms with Crippen molar-refractivity contribution in [2.24, 2.45) is 5.92 Å². The fraction of sp³-hybridized carbons (Fsp3) is 0.643. The van der Waals surface area contributed by atoms with E-state index in [0.717, 1.165) is 9.75 Å². The largest absolute Gasteiger partial charge is 0.465 e. The molecule has 5 nitrogen and oxygen atoms in total. The molecule has 0 unspecified atom stereocenters. The second-order valence-corrected chi connectivity index (χ2v) is 8.64. The zero-order valence-electron chi connectivity index (χ0n) is 13.2. The van der Waals surface area contributed by atoms with Crippen LogP contribution >= 0.6 is 11.3 Å². The van der Waals surface area contributed by atoms with Crippen LogP contribution in [-0.2, 0) is 19.6 Å². The van der Waals surface area contributed by atoms with E-state index in [0.29, 0.717) is 0 Å². The van der Waals surface area contributed by atoms with Crippen LogP contribution in [0, 0.1) is 19.8 Å². The van der Waals surface area contributed by atoms with Gasteiger partial charge in [-0.25, -0.2) is 8.42 Å². The van der Waals surface area contributed by atoms with Crippen LogP contribution in [0.15, 0.2) is 11.0 Å². The van der Waals surface area contributed by atoms with Gasteiger partial charge >= 0.3 is 5.97 Å². The van der Waals surface area contributed by atoms with Crippen LogP contribution in [0.25, 0.3) is 0 Å². The van der Waals surface area contributed by atoms with E-state index in [1.165, 1.54) is 15.6 Å². The van der Waals surface area contributed by atoms with Gasteiger partial charge in [0.2, 0.25) is 10.0 Å². The normalized spacial score (nSPS) is 12.1. The summed E-state index contributed by atoms with van der Waals surface area (Å²) < 4.78 is 31.6. The molecule has 0 aliphatic carbocycles. The molecular weight excluding hydrogens is 310 g/mol. The van der Waals surface area contributed by atoms with Gasteiger partial charge in [0, 0.05) is 16.3 Å². The lowest BCUT2D eigenvalue weighted by Gasteiger charge is -2.23. The number of thiophene rings is 1. The first-order valence-electron chi connectivity index (χ1n) is 6.91. The number of esters is 1. The fourth-order valence-corrected chi connectivity index (χ4v) is 5.08. The number of nitrogens with zero attached hydrogens (tertiary/aromatic N) is 1. The second-order valence-electron chi connectivity index (χ2n) is 5.27. The number of rotatable bonds is 7. The van der Waals surface area contributed by atoms with Crippen LogP contribution in [0.1, 0.15) is 30.5 Å². The summed E-state index contributed by atoms with van der Waals surface area (Å²) in [6, 6.07) is 1.66. The minimum atomic E-state index is -3.68.